The molecule has 12 aromatic carbocycles. The van der Waals surface area contributed by atoms with E-state index in [-0.39, 0.29) is 11.6 Å². The Morgan fingerprint density at radius 3 is 0.817 bits per heavy atom. The topological polar surface area (TPSA) is 6.48 Å². The highest BCUT2D eigenvalue weighted by molar-refractivity contribution is 6.28. The normalized spacial score (nSPS) is 11.8. The third kappa shape index (κ3) is 5.38. The number of halogens is 2. The fourth-order valence-corrected chi connectivity index (χ4v) is 9.36. The molecule has 0 heterocycles. The van der Waals surface area contributed by atoms with Crippen molar-refractivity contribution in [1.29, 1.82) is 0 Å². The fraction of sp³-hybridized carbons (Fsp3) is 0. The van der Waals surface area contributed by atoms with E-state index in [2.05, 4.69) is 131 Å². The van der Waals surface area contributed by atoms with E-state index in [4.69, 9.17) is 0 Å². The lowest BCUT2D eigenvalue weighted by molar-refractivity contribution is 0.639. The van der Waals surface area contributed by atoms with E-state index in [1.807, 2.05) is 72.8 Å². The molecule has 0 aliphatic heterocycles. The number of hydrogen-bond acceptors (Lipinski definition) is 2. The molecule has 0 N–H and O–H groups in total. The van der Waals surface area contributed by atoms with Crippen LogP contribution in [0.15, 0.2) is 206 Å². The van der Waals surface area contributed by atoms with Crippen LogP contribution in [0.2, 0.25) is 0 Å². The second kappa shape index (κ2) is 13.4. The number of fused-ring (bicyclic) bond motifs is 4. The lowest BCUT2D eigenvalue weighted by Crippen LogP contribution is -2.12. The molecule has 0 amide bonds. The van der Waals surface area contributed by atoms with Crippen molar-refractivity contribution in [3.05, 3.63) is 218 Å². The van der Waals surface area contributed by atoms with Crippen molar-refractivity contribution in [2.24, 2.45) is 0 Å². The van der Waals surface area contributed by atoms with Crippen LogP contribution >= 0.6 is 0 Å². The first-order valence-corrected chi connectivity index (χ1v) is 20.2. The molecule has 0 aliphatic rings. The Kier molecular flexibility index (Phi) is 7.63. The summed E-state index contributed by atoms with van der Waals surface area (Å²) < 4.78 is 34.1. The quantitative estimate of drug-likeness (QED) is 0.155. The summed E-state index contributed by atoms with van der Waals surface area (Å²) in [5.41, 5.74) is 4.92. The van der Waals surface area contributed by atoms with Gasteiger partial charge in [0, 0.05) is 55.1 Å². The van der Waals surface area contributed by atoms with E-state index in [1.165, 1.54) is 0 Å². The number of nitrogens with zero attached hydrogens (tertiary/aromatic N) is 2. The minimum atomic E-state index is -0.370. The number of rotatable bonds is 6. The average Bonchev–Trinajstić information content (AvgIpc) is 3.29. The van der Waals surface area contributed by atoms with E-state index >= 15 is 8.78 Å². The summed E-state index contributed by atoms with van der Waals surface area (Å²) in [6.45, 7) is 0. The van der Waals surface area contributed by atoms with Gasteiger partial charge in [0.1, 0.15) is 11.6 Å². The van der Waals surface area contributed by atoms with Crippen LogP contribution in [0.1, 0.15) is 0 Å². The Bertz CT molecular complexity index is 3270. The smallest absolute Gasteiger partial charge is 0.133 e. The summed E-state index contributed by atoms with van der Waals surface area (Å²) in [5.74, 6) is -0.740. The summed E-state index contributed by atoms with van der Waals surface area (Å²) in [7, 11) is 0. The first-order chi connectivity index (χ1) is 29.6. The lowest BCUT2D eigenvalue weighted by atomic mass is 9.91. The van der Waals surface area contributed by atoms with Crippen molar-refractivity contribution in [3.8, 4) is 0 Å². The molecule has 12 aromatic rings. The molecule has 12 rings (SSSR count). The Morgan fingerprint density at radius 2 is 0.517 bits per heavy atom. The van der Waals surface area contributed by atoms with Gasteiger partial charge in [-0.15, -0.1) is 0 Å². The molecule has 0 saturated carbocycles. The zero-order valence-electron chi connectivity index (χ0n) is 32.3. The maximum absolute atomic E-state index is 17.0. The molecular formula is C56H34F2N2. The van der Waals surface area contributed by atoms with E-state index in [1.54, 1.807) is 12.1 Å². The lowest BCUT2D eigenvalue weighted by Gasteiger charge is -2.30. The van der Waals surface area contributed by atoms with Crippen LogP contribution in [0.3, 0.4) is 0 Å². The second-order valence-electron chi connectivity index (χ2n) is 15.6. The fourth-order valence-electron chi connectivity index (χ4n) is 9.36. The van der Waals surface area contributed by atoms with Crippen molar-refractivity contribution in [2.75, 3.05) is 9.80 Å². The van der Waals surface area contributed by atoms with Gasteiger partial charge < -0.3 is 9.80 Å². The van der Waals surface area contributed by atoms with Crippen molar-refractivity contribution in [3.63, 3.8) is 0 Å². The first kappa shape index (κ1) is 34.2. The number of anilines is 6. The van der Waals surface area contributed by atoms with E-state index in [0.717, 1.165) is 76.6 Å². The molecule has 2 nitrogen and oxygen atoms in total. The zero-order chi connectivity index (χ0) is 39.9. The predicted octanol–water partition coefficient (Wildman–Crippen LogP) is 16.4. The van der Waals surface area contributed by atoms with E-state index < -0.39 is 0 Å². The Balaban J connectivity index is 1.15. The molecule has 0 radical (unpaired) electrons. The van der Waals surface area contributed by atoms with Crippen LogP contribution in [-0.2, 0) is 0 Å². The van der Waals surface area contributed by atoms with Gasteiger partial charge in [-0.3, -0.25) is 0 Å². The third-order valence-corrected chi connectivity index (χ3v) is 12.2. The van der Waals surface area contributed by atoms with Crippen LogP contribution in [0.25, 0.3) is 75.4 Å². The Morgan fingerprint density at radius 1 is 0.250 bits per heavy atom. The predicted molar refractivity (Wildman–Crippen MR) is 249 cm³/mol. The SMILES string of the molecule is Fc1cc(N(c2ccc3ccccc3c2)c2ccc3ccccc3c2)c2ccc3c(F)cc(N(c4ccc5ccccc5c4)c4ccc5ccccc5c4)c4ccc1c2c34. The monoisotopic (exact) mass is 772 g/mol. The Hall–Kier alpha value is -7.82. The standard InChI is InChI=1S/C56H34F2N2/c57-51-33-53(59(43-21-17-35-9-1-5-13-39(35)29-43)44-22-18-36-10-2-6-14-40(36)30-44)49-27-25-48-52(58)34-54(50-28-26-47(51)55(49)56(48)50)60(45-23-19-37-11-3-7-15-41(37)31-45)46-24-20-38-12-4-8-16-42(38)32-46/h1-34H. The van der Waals surface area contributed by atoms with Crippen LogP contribution in [-0.4, -0.2) is 0 Å². The van der Waals surface area contributed by atoms with Gasteiger partial charge >= 0.3 is 0 Å². The molecule has 0 aliphatic carbocycles. The molecule has 0 unspecified atom stereocenters. The minimum Gasteiger partial charge on any atom is -0.310 e. The number of benzene rings is 12. The van der Waals surface area contributed by atoms with Gasteiger partial charge in [0.2, 0.25) is 0 Å². The Labute approximate surface area is 344 Å². The van der Waals surface area contributed by atoms with E-state index in [9.17, 15) is 0 Å². The maximum Gasteiger partial charge on any atom is 0.133 e. The highest BCUT2D eigenvalue weighted by atomic mass is 19.1. The van der Waals surface area contributed by atoms with Gasteiger partial charge in [0.05, 0.1) is 11.4 Å². The van der Waals surface area contributed by atoms with Crippen LogP contribution in [0, 0.1) is 11.6 Å². The highest BCUT2D eigenvalue weighted by Crippen LogP contribution is 2.49. The summed E-state index contributed by atoms with van der Waals surface area (Å²) in [6, 6.07) is 69.4. The summed E-state index contributed by atoms with van der Waals surface area (Å²) in [4.78, 5) is 4.28. The van der Waals surface area contributed by atoms with Crippen molar-refractivity contribution in [2.45, 2.75) is 0 Å². The average molecular weight is 773 g/mol. The molecular weight excluding hydrogens is 739 g/mol. The maximum atomic E-state index is 17.0. The molecule has 0 saturated heterocycles. The highest BCUT2D eigenvalue weighted by Gasteiger charge is 2.25. The first-order valence-electron chi connectivity index (χ1n) is 20.2. The molecule has 0 spiro atoms. The summed E-state index contributed by atoms with van der Waals surface area (Å²) in [5, 5.41) is 12.7. The van der Waals surface area contributed by atoms with E-state index in [0.29, 0.717) is 32.9 Å². The molecule has 0 aromatic heterocycles. The molecule has 0 fully saturated rings. The van der Waals surface area contributed by atoms with Crippen LogP contribution in [0.4, 0.5) is 42.9 Å². The molecule has 4 heteroatoms. The van der Waals surface area contributed by atoms with Crippen molar-refractivity contribution in [1.82, 2.24) is 0 Å². The largest absolute Gasteiger partial charge is 0.310 e. The molecule has 282 valence electrons. The zero-order valence-corrected chi connectivity index (χ0v) is 32.3. The second-order valence-corrected chi connectivity index (χ2v) is 15.6. The third-order valence-electron chi connectivity index (χ3n) is 12.2. The molecule has 0 bridgehead atoms. The molecule has 0 atom stereocenters. The van der Waals surface area contributed by atoms with Gasteiger partial charge in [-0.1, -0.05) is 146 Å². The summed E-state index contributed by atoms with van der Waals surface area (Å²) in [6.07, 6.45) is 0. The van der Waals surface area contributed by atoms with Crippen molar-refractivity contribution < 1.29 is 8.78 Å². The van der Waals surface area contributed by atoms with Gasteiger partial charge in [0.25, 0.3) is 0 Å². The van der Waals surface area contributed by atoms with Gasteiger partial charge in [-0.05, 0) is 104 Å². The van der Waals surface area contributed by atoms with Gasteiger partial charge in [0.15, 0.2) is 0 Å². The van der Waals surface area contributed by atoms with Gasteiger partial charge in [-0.25, -0.2) is 8.78 Å². The van der Waals surface area contributed by atoms with Crippen LogP contribution < -0.4 is 9.80 Å². The van der Waals surface area contributed by atoms with Crippen molar-refractivity contribution >= 4 is 110 Å². The molecule has 60 heavy (non-hydrogen) atoms. The van der Waals surface area contributed by atoms with Crippen LogP contribution in [0.5, 0.6) is 0 Å². The minimum absolute atomic E-state index is 0.370. The van der Waals surface area contributed by atoms with Gasteiger partial charge in [-0.2, -0.15) is 0 Å². The number of hydrogen-bond donors (Lipinski definition) is 0. The summed E-state index contributed by atoms with van der Waals surface area (Å²) >= 11 is 0.